The summed E-state index contributed by atoms with van der Waals surface area (Å²) >= 11 is 0. The first-order valence-electron chi connectivity index (χ1n) is 9.45. The fourth-order valence-electron chi connectivity index (χ4n) is 3.32. The van der Waals surface area contributed by atoms with Crippen molar-refractivity contribution in [3.63, 3.8) is 0 Å². The van der Waals surface area contributed by atoms with Gasteiger partial charge >= 0.3 is 5.97 Å². The van der Waals surface area contributed by atoms with Gasteiger partial charge in [-0.15, -0.1) is 0 Å². The second-order valence-corrected chi connectivity index (χ2v) is 7.16. The van der Waals surface area contributed by atoms with Crippen molar-refractivity contribution in [3.8, 4) is 11.5 Å². The first kappa shape index (κ1) is 18.0. The van der Waals surface area contributed by atoms with E-state index in [0.29, 0.717) is 34.2 Å². The Morgan fingerprint density at radius 3 is 2.70 bits per heavy atom. The molecule has 0 spiro atoms. The maximum absolute atomic E-state index is 12.1. The predicted octanol–water partition coefficient (Wildman–Crippen LogP) is 3.53. The molecule has 9 nitrogen and oxygen atoms in total. The minimum Gasteiger partial charge on any atom is -0.478 e. The van der Waals surface area contributed by atoms with Crippen molar-refractivity contribution in [1.29, 1.82) is 0 Å². The maximum atomic E-state index is 12.1. The number of pyridine rings is 2. The summed E-state index contributed by atoms with van der Waals surface area (Å²) < 4.78 is 5.87. The third-order valence-electron chi connectivity index (χ3n) is 5.07. The summed E-state index contributed by atoms with van der Waals surface area (Å²) in [6.45, 7) is 0. The van der Waals surface area contributed by atoms with E-state index in [2.05, 4.69) is 25.6 Å². The molecule has 0 atom stereocenters. The Hall–Kier alpha value is -4.01. The van der Waals surface area contributed by atoms with Crippen molar-refractivity contribution in [3.05, 3.63) is 42.2 Å². The number of aromatic nitrogens is 3. The minimum atomic E-state index is -1.03. The van der Waals surface area contributed by atoms with Gasteiger partial charge in [0.05, 0.1) is 11.1 Å². The number of anilines is 2. The number of oxazole rings is 1. The maximum Gasteiger partial charge on any atom is 0.335 e. The molecule has 9 heteroatoms. The number of carbonyl (C=O) groups excluding carboxylic acids is 1. The normalized spacial score (nSPS) is 13.5. The summed E-state index contributed by atoms with van der Waals surface area (Å²) in [5.41, 5.74) is 1.65. The van der Waals surface area contributed by atoms with Crippen molar-refractivity contribution >= 4 is 45.4 Å². The highest BCUT2D eigenvalue weighted by atomic mass is 16.4. The number of benzene rings is 1. The topological polar surface area (TPSA) is 130 Å². The predicted molar refractivity (Wildman–Crippen MR) is 110 cm³/mol. The molecule has 1 fully saturated rings. The molecule has 1 aromatic carbocycles. The van der Waals surface area contributed by atoms with Crippen LogP contribution in [0.1, 0.15) is 23.2 Å². The number of amides is 1. The molecule has 0 bridgehead atoms. The summed E-state index contributed by atoms with van der Waals surface area (Å²) in [4.78, 5) is 36.6. The van der Waals surface area contributed by atoms with E-state index in [-0.39, 0.29) is 17.4 Å². The number of rotatable bonds is 5. The molecular weight excluding hydrogens is 386 g/mol. The minimum absolute atomic E-state index is 0.0330. The molecule has 5 rings (SSSR count). The first-order valence-corrected chi connectivity index (χ1v) is 9.45. The SMILES string of the molecule is CNc1ncc(-c2nc3cc(C(=O)O)ccc3o2)c2cc(NC(=O)C3CC3)ncc12. The number of nitrogens with one attached hydrogen (secondary N) is 2. The van der Waals surface area contributed by atoms with E-state index in [1.165, 1.54) is 12.1 Å². The molecule has 3 aromatic heterocycles. The fourth-order valence-corrected chi connectivity index (χ4v) is 3.32. The van der Waals surface area contributed by atoms with Crippen molar-refractivity contribution < 1.29 is 19.1 Å². The van der Waals surface area contributed by atoms with Gasteiger partial charge in [0, 0.05) is 36.1 Å². The van der Waals surface area contributed by atoms with E-state index < -0.39 is 5.97 Å². The van der Waals surface area contributed by atoms with E-state index in [4.69, 9.17) is 4.42 Å². The summed E-state index contributed by atoms with van der Waals surface area (Å²) in [6.07, 6.45) is 5.08. The zero-order valence-electron chi connectivity index (χ0n) is 16.0. The zero-order valence-corrected chi connectivity index (χ0v) is 16.0. The molecule has 0 unspecified atom stereocenters. The molecule has 0 aliphatic heterocycles. The van der Waals surface area contributed by atoms with Crippen LogP contribution in [0.25, 0.3) is 33.3 Å². The molecule has 1 amide bonds. The van der Waals surface area contributed by atoms with Gasteiger partial charge in [-0.1, -0.05) is 0 Å². The number of carboxylic acid groups (broad SMARTS) is 1. The molecule has 30 heavy (non-hydrogen) atoms. The van der Waals surface area contributed by atoms with E-state index in [1.807, 2.05) is 0 Å². The molecule has 1 saturated carbocycles. The smallest absolute Gasteiger partial charge is 0.335 e. The lowest BCUT2D eigenvalue weighted by Crippen LogP contribution is -2.14. The van der Waals surface area contributed by atoms with Gasteiger partial charge in [-0.05, 0) is 37.1 Å². The van der Waals surface area contributed by atoms with Crippen LogP contribution < -0.4 is 10.6 Å². The average Bonchev–Trinajstić information content (AvgIpc) is 3.51. The van der Waals surface area contributed by atoms with Crippen LogP contribution in [0.5, 0.6) is 0 Å². The third kappa shape index (κ3) is 3.10. The lowest BCUT2D eigenvalue weighted by atomic mass is 10.1. The Bertz CT molecular complexity index is 1330. The number of hydrogen-bond acceptors (Lipinski definition) is 7. The largest absolute Gasteiger partial charge is 0.478 e. The van der Waals surface area contributed by atoms with Gasteiger partial charge in [-0.3, -0.25) is 4.79 Å². The van der Waals surface area contributed by atoms with Crippen molar-refractivity contribution in [2.45, 2.75) is 12.8 Å². The molecule has 1 aliphatic carbocycles. The molecule has 1 aliphatic rings. The van der Waals surface area contributed by atoms with Crippen LogP contribution in [0.4, 0.5) is 11.6 Å². The summed E-state index contributed by atoms with van der Waals surface area (Å²) in [6, 6.07) is 6.28. The third-order valence-corrected chi connectivity index (χ3v) is 5.07. The first-order chi connectivity index (χ1) is 14.5. The Kier molecular flexibility index (Phi) is 4.09. The van der Waals surface area contributed by atoms with Gasteiger partial charge in [0.2, 0.25) is 11.8 Å². The van der Waals surface area contributed by atoms with Crippen LogP contribution in [0.15, 0.2) is 41.1 Å². The lowest BCUT2D eigenvalue weighted by Gasteiger charge is -2.10. The fraction of sp³-hybridized carbons (Fsp3) is 0.190. The second kappa shape index (κ2) is 6.80. The van der Waals surface area contributed by atoms with Gasteiger partial charge < -0.3 is 20.2 Å². The molecule has 4 aromatic rings. The van der Waals surface area contributed by atoms with Crippen molar-refractivity contribution in [2.75, 3.05) is 17.7 Å². The highest BCUT2D eigenvalue weighted by Gasteiger charge is 2.30. The second-order valence-electron chi connectivity index (χ2n) is 7.16. The van der Waals surface area contributed by atoms with Crippen molar-refractivity contribution in [1.82, 2.24) is 15.0 Å². The molecule has 0 radical (unpaired) electrons. The molecule has 0 saturated heterocycles. The Labute approximate surface area is 170 Å². The summed E-state index contributed by atoms with van der Waals surface area (Å²) in [5, 5.41) is 16.6. The Morgan fingerprint density at radius 1 is 1.13 bits per heavy atom. The number of fused-ring (bicyclic) bond motifs is 2. The number of aromatic carboxylic acids is 1. The molecule has 150 valence electrons. The van der Waals surface area contributed by atoms with Crippen LogP contribution in [0, 0.1) is 5.92 Å². The van der Waals surface area contributed by atoms with E-state index in [0.717, 1.165) is 23.6 Å². The van der Waals surface area contributed by atoms with E-state index >= 15 is 0 Å². The van der Waals surface area contributed by atoms with Crippen LogP contribution in [0.3, 0.4) is 0 Å². The highest BCUT2D eigenvalue weighted by Crippen LogP contribution is 2.35. The van der Waals surface area contributed by atoms with Gasteiger partial charge in [0.1, 0.15) is 17.2 Å². The Balaban J connectivity index is 1.64. The van der Waals surface area contributed by atoms with E-state index in [1.54, 1.807) is 31.6 Å². The standard InChI is InChI=1S/C21H17N5O4/c1-22-18-13-8-23-17(26-19(27)10-2-3-10)7-12(13)14(9-24-18)20-25-15-6-11(21(28)29)4-5-16(15)30-20/h4-10H,2-3H2,1H3,(H,22,24)(H,28,29)(H,23,26,27). The van der Waals surface area contributed by atoms with Gasteiger partial charge in [-0.2, -0.15) is 0 Å². The summed E-state index contributed by atoms with van der Waals surface area (Å²) in [7, 11) is 1.76. The van der Waals surface area contributed by atoms with Crippen LogP contribution in [-0.4, -0.2) is 39.0 Å². The number of carboxylic acids is 1. The van der Waals surface area contributed by atoms with E-state index in [9.17, 15) is 14.7 Å². The van der Waals surface area contributed by atoms with Gasteiger partial charge in [0.15, 0.2) is 5.58 Å². The molecule has 3 heterocycles. The molecule has 3 N–H and O–H groups in total. The zero-order chi connectivity index (χ0) is 20.8. The van der Waals surface area contributed by atoms with Crippen LogP contribution >= 0.6 is 0 Å². The van der Waals surface area contributed by atoms with Gasteiger partial charge in [-0.25, -0.2) is 19.7 Å². The number of nitrogens with zero attached hydrogens (tertiary/aromatic N) is 3. The Morgan fingerprint density at radius 2 is 1.97 bits per heavy atom. The van der Waals surface area contributed by atoms with Crippen LogP contribution in [-0.2, 0) is 4.79 Å². The van der Waals surface area contributed by atoms with Gasteiger partial charge in [0.25, 0.3) is 0 Å². The number of carbonyl (C=O) groups is 2. The highest BCUT2D eigenvalue weighted by molar-refractivity contribution is 6.03. The molecular formula is C21H17N5O4. The number of hydrogen-bond donors (Lipinski definition) is 3. The summed E-state index contributed by atoms with van der Waals surface area (Å²) in [5.74, 6) is 0.373. The quantitative estimate of drug-likeness (QED) is 0.461. The van der Waals surface area contributed by atoms with Crippen LogP contribution in [0.2, 0.25) is 0 Å². The lowest BCUT2D eigenvalue weighted by molar-refractivity contribution is -0.117. The van der Waals surface area contributed by atoms with Crippen molar-refractivity contribution in [2.24, 2.45) is 5.92 Å². The average molecular weight is 403 g/mol. The monoisotopic (exact) mass is 403 g/mol.